The number of benzene rings is 1. The summed E-state index contributed by atoms with van der Waals surface area (Å²) in [5.74, 6) is 1.02. The number of hydrogen-bond donors (Lipinski definition) is 1. The van der Waals surface area contributed by atoms with E-state index in [0.717, 1.165) is 48.8 Å². The molecule has 4 rings (SSSR count). The number of aromatic nitrogens is 3. The molecule has 0 unspecified atom stereocenters. The molecule has 0 radical (unpaired) electrons. The third-order valence-electron chi connectivity index (χ3n) is 3.86. The zero-order valence-electron chi connectivity index (χ0n) is 11.7. The van der Waals surface area contributed by atoms with Gasteiger partial charge in [-0.1, -0.05) is 30.3 Å². The van der Waals surface area contributed by atoms with Gasteiger partial charge in [0.05, 0.1) is 5.69 Å². The molecule has 106 valence electrons. The first-order chi connectivity index (χ1) is 10.4. The van der Waals surface area contributed by atoms with Gasteiger partial charge in [0.2, 0.25) is 0 Å². The van der Waals surface area contributed by atoms with Crippen molar-refractivity contribution in [2.45, 2.75) is 0 Å². The number of hydrogen-bond acceptors (Lipinski definition) is 4. The molecule has 1 N–H and O–H groups in total. The van der Waals surface area contributed by atoms with Gasteiger partial charge in [-0.05, 0) is 6.07 Å². The van der Waals surface area contributed by atoms with E-state index in [1.54, 1.807) is 0 Å². The van der Waals surface area contributed by atoms with E-state index in [-0.39, 0.29) is 0 Å². The van der Waals surface area contributed by atoms with Gasteiger partial charge in [0, 0.05) is 44.1 Å². The number of anilines is 1. The minimum Gasteiger partial charge on any atom is -0.352 e. The molecule has 2 aromatic heterocycles. The summed E-state index contributed by atoms with van der Waals surface area (Å²) in [5.41, 5.74) is 3.19. The number of rotatable bonds is 2. The number of nitrogens with zero attached hydrogens (tertiary/aromatic N) is 4. The van der Waals surface area contributed by atoms with Crippen LogP contribution in [0.3, 0.4) is 0 Å². The maximum atomic E-state index is 4.67. The first-order valence-corrected chi connectivity index (χ1v) is 7.27. The highest BCUT2D eigenvalue weighted by atomic mass is 15.3. The zero-order valence-corrected chi connectivity index (χ0v) is 11.7. The van der Waals surface area contributed by atoms with E-state index < -0.39 is 0 Å². The molecule has 0 atom stereocenters. The summed E-state index contributed by atoms with van der Waals surface area (Å²) in [4.78, 5) is 6.90. The van der Waals surface area contributed by atoms with Crippen LogP contribution in [-0.2, 0) is 0 Å². The lowest BCUT2D eigenvalue weighted by atomic mass is 10.1. The van der Waals surface area contributed by atoms with Crippen LogP contribution in [0.1, 0.15) is 0 Å². The van der Waals surface area contributed by atoms with Gasteiger partial charge in [0.25, 0.3) is 0 Å². The van der Waals surface area contributed by atoms with Crippen LogP contribution >= 0.6 is 0 Å². The van der Waals surface area contributed by atoms with Crippen LogP contribution < -0.4 is 10.2 Å². The fourth-order valence-corrected chi connectivity index (χ4v) is 2.78. The van der Waals surface area contributed by atoms with Gasteiger partial charge in [-0.3, -0.25) is 0 Å². The molecule has 3 heterocycles. The third kappa shape index (κ3) is 2.25. The molecule has 0 bridgehead atoms. The van der Waals surface area contributed by atoms with Crippen LogP contribution in [0.4, 0.5) is 5.82 Å². The van der Waals surface area contributed by atoms with Gasteiger partial charge < -0.3 is 10.2 Å². The van der Waals surface area contributed by atoms with Crippen molar-refractivity contribution >= 4 is 11.3 Å². The van der Waals surface area contributed by atoms with Crippen LogP contribution in [0.5, 0.6) is 0 Å². The summed E-state index contributed by atoms with van der Waals surface area (Å²) >= 11 is 0. The smallest absolute Gasteiger partial charge is 0.154 e. The predicted molar refractivity (Wildman–Crippen MR) is 83.5 cm³/mol. The second-order valence-corrected chi connectivity index (χ2v) is 5.21. The van der Waals surface area contributed by atoms with E-state index in [2.05, 4.69) is 38.5 Å². The Morgan fingerprint density at radius 2 is 1.86 bits per heavy atom. The van der Waals surface area contributed by atoms with E-state index in [4.69, 9.17) is 0 Å². The number of nitrogens with one attached hydrogen (secondary N) is 1. The summed E-state index contributed by atoms with van der Waals surface area (Å²) in [6, 6.07) is 12.4. The lowest BCUT2D eigenvalue weighted by Gasteiger charge is -2.28. The predicted octanol–water partition coefficient (Wildman–Crippen LogP) is 1.81. The molecule has 3 aromatic rings. The summed E-state index contributed by atoms with van der Waals surface area (Å²) in [7, 11) is 0. The second kappa shape index (κ2) is 5.18. The van der Waals surface area contributed by atoms with E-state index in [1.165, 1.54) is 0 Å². The molecular formula is C16H17N5. The summed E-state index contributed by atoms with van der Waals surface area (Å²) in [6.07, 6.45) is 3.74. The zero-order chi connectivity index (χ0) is 14.1. The van der Waals surface area contributed by atoms with Crippen LogP contribution in [-0.4, -0.2) is 40.8 Å². The van der Waals surface area contributed by atoms with Crippen LogP contribution in [0, 0.1) is 0 Å². The molecular weight excluding hydrogens is 262 g/mol. The first-order valence-electron chi connectivity index (χ1n) is 7.27. The molecule has 1 fully saturated rings. The highest BCUT2D eigenvalue weighted by molar-refractivity contribution is 5.75. The average Bonchev–Trinajstić information content (AvgIpc) is 3.00. The monoisotopic (exact) mass is 279 g/mol. The minimum absolute atomic E-state index is 0.985. The van der Waals surface area contributed by atoms with Crippen molar-refractivity contribution in [1.82, 2.24) is 19.9 Å². The summed E-state index contributed by atoms with van der Waals surface area (Å²) in [6.45, 7) is 3.97. The summed E-state index contributed by atoms with van der Waals surface area (Å²) in [5, 5.41) is 8.04. The fraction of sp³-hybridized carbons (Fsp3) is 0.250. The number of piperazine rings is 1. The normalized spacial score (nSPS) is 15.5. The first kappa shape index (κ1) is 12.3. The van der Waals surface area contributed by atoms with Crippen molar-refractivity contribution in [3.8, 4) is 11.3 Å². The van der Waals surface area contributed by atoms with Gasteiger partial charge in [-0.2, -0.15) is 5.10 Å². The van der Waals surface area contributed by atoms with Gasteiger partial charge in [0.15, 0.2) is 5.82 Å². The molecule has 1 saturated heterocycles. The molecule has 5 nitrogen and oxygen atoms in total. The van der Waals surface area contributed by atoms with E-state index in [1.807, 2.05) is 35.1 Å². The Labute approximate surface area is 123 Å². The Morgan fingerprint density at radius 1 is 1.05 bits per heavy atom. The lowest BCUT2D eigenvalue weighted by molar-refractivity contribution is 0.585. The summed E-state index contributed by atoms with van der Waals surface area (Å²) < 4.78 is 1.92. The van der Waals surface area contributed by atoms with Crippen molar-refractivity contribution in [1.29, 1.82) is 0 Å². The molecule has 1 aliphatic heterocycles. The quantitative estimate of drug-likeness (QED) is 0.777. The Kier molecular flexibility index (Phi) is 3.05. The molecule has 0 amide bonds. The molecule has 0 aliphatic carbocycles. The Hall–Kier alpha value is -2.40. The van der Waals surface area contributed by atoms with Gasteiger partial charge >= 0.3 is 0 Å². The highest BCUT2D eigenvalue weighted by Gasteiger charge is 2.16. The largest absolute Gasteiger partial charge is 0.352 e. The number of fused-ring (bicyclic) bond motifs is 1. The lowest BCUT2D eigenvalue weighted by Crippen LogP contribution is -2.44. The van der Waals surface area contributed by atoms with Crippen molar-refractivity contribution in [3.05, 3.63) is 48.8 Å². The van der Waals surface area contributed by atoms with Crippen molar-refractivity contribution < 1.29 is 0 Å². The Morgan fingerprint density at radius 3 is 2.67 bits per heavy atom. The highest BCUT2D eigenvalue weighted by Crippen LogP contribution is 2.24. The average molecular weight is 279 g/mol. The van der Waals surface area contributed by atoms with Gasteiger partial charge in [0.1, 0.15) is 5.52 Å². The van der Waals surface area contributed by atoms with Crippen molar-refractivity contribution in [3.63, 3.8) is 0 Å². The van der Waals surface area contributed by atoms with E-state index in [0.29, 0.717) is 0 Å². The Balaban J connectivity index is 1.80. The van der Waals surface area contributed by atoms with Crippen LogP contribution in [0.25, 0.3) is 16.8 Å². The second-order valence-electron chi connectivity index (χ2n) is 5.21. The molecule has 1 aliphatic rings. The van der Waals surface area contributed by atoms with Crippen LogP contribution in [0.15, 0.2) is 48.8 Å². The SMILES string of the molecule is c1ccc(-c2cc3c(N4CCNCC4)nccn3n2)cc1. The van der Waals surface area contributed by atoms with Gasteiger partial charge in [-0.15, -0.1) is 0 Å². The maximum Gasteiger partial charge on any atom is 0.154 e. The molecule has 0 spiro atoms. The maximum absolute atomic E-state index is 4.67. The van der Waals surface area contributed by atoms with Gasteiger partial charge in [-0.25, -0.2) is 9.50 Å². The standard InChI is InChI=1S/C16H17N5/c1-2-4-13(5-3-1)14-12-15-16(18-8-11-21(15)19-14)20-9-6-17-7-10-20/h1-5,8,11-12,17H,6-7,9-10H2. The Bertz CT molecular complexity index is 744. The molecule has 21 heavy (non-hydrogen) atoms. The fourth-order valence-electron chi connectivity index (χ4n) is 2.78. The van der Waals surface area contributed by atoms with E-state index >= 15 is 0 Å². The third-order valence-corrected chi connectivity index (χ3v) is 3.86. The topological polar surface area (TPSA) is 45.5 Å². The molecule has 5 heteroatoms. The molecule has 1 aromatic carbocycles. The molecule has 0 saturated carbocycles. The van der Waals surface area contributed by atoms with Crippen molar-refractivity contribution in [2.75, 3.05) is 31.1 Å². The minimum atomic E-state index is 0.985. The van der Waals surface area contributed by atoms with E-state index in [9.17, 15) is 0 Å². The van der Waals surface area contributed by atoms with Crippen LogP contribution in [0.2, 0.25) is 0 Å². The van der Waals surface area contributed by atoms with Crippen molar-refractivity contribution in [2.24, 2.45) is 0 Å².